The number of nitrogens with zero attached hydrogens (tertiary/aromatic N) is 1. The highest BCUT2D eigenvalue weighted by atomic mass is 127. The number of alkyl carbamates (subject to hydrolysis) is 1. The van der Waals surface area contributed by atoms with Crippen LogP contribution in [0.1, 0.15) is 112 Å². The molecule has 5 nitrogen and oxygen atoms in total. The van der Waals surface area contributed by atoms with Crippen molar-refractivity contribution in [2.45, 2.75) is 118 Å². The highest BCUT2D eigenvalue weighted by molar-refractivity contribution is 5.67. The van der Waals surface area contributed by atoms with E-state index in [4.69, 9.17) is 4.74 Å². The average molecular weight is 687 g/mol. The van der Waals surface area contributed by atoms with Crippen molar-refractivity contribution in [3.05, 3.63) is 11.6 Å². The van der Waals surface area contributed by atoms with E-state index in [-0.39, 0.29) is 48.2 Å². The second-order valence-corrected chi connectivity index (χ2v) is 15.9. The topological polar surface area (TPSA) is 58.6 Å². The largest absolute Gasteiger partial charge is 1.00 e. The van der Waals surface area contributed by atoms with Gasteiger partial charge in [-0.3, -0.25) is 0 Å². The molecule has 2 N–H and O–H groups in total. The second-order valence-electron chi connectivity index (χ2n) is 15.9. The summed E-state index contributed by atoms with van der Waals surface area (Å²) in [6.45, 7) is 15.0. The Hall–Kier alpha value is -0.340. The zero-order valence-corrected chi connectivity index (χ0v) is 29.7. The number of amides is 1. The fourth-order valence-electron chi connectivity index (χ4n) is 10.0. The molecule has 0 unspecified atom stereocenters. The molecule has 0 spiro atoms. The molecule has 0 aromatic rings. The molecule has 0 heterocycles. The molecule has 0 aromatic carbocycles. The number of aliphatic hydroxyl groups excluding tert-OH is 1. The van der Waals surface area contributed by atoms with Crippen molar-refractivity contribution in [1.29, 1.82) is 0 Å². The summed E-state index contributed by atoms with van der Waals surface area (Å²) in [5, 5.41) is 12.2. The van der Waals surface area contributed by atoms with Crippen LogP contribution in [0.5, 0.6) is 0 Å². The van der Waals surface area contributed by atoms with Crippen LogP contribution in [0, 0.1) is 46.3 Å². The van der Waals surface area contributed by atoms with Gasteiger partial charge in [-0.2, -0.15) is 0 Å². The molecule has 0 aliphatic heterocycles. The molecule has 4 rings (SSSR count). The monoisotopic (exact) mass is 686 g/mol. The third-order valence-electron chi connectivity index (χ3n) is 12.4. The summed E-state index contributed by atoms with van der Waals surface area (Å²) in [7, 11) is 4.23. The van der Waals surface area contributed by atoms with Crippen LogP contribution in [0.3, 0.4) is 0 Å². The van der Waals surface area contributed by atoms with Crippen LogP contribution >= 0.6 is 0 Å². The number of allylic oxidation sites excluding steroid dienone is 1. The van der Waals surface area contributed by atoms with E-state index >= 15 is 0 Å². The van der Waals surface area contributed by atoms with Gasteiger partial charge in [-0.15, -0.1) is 0 Å². The number of nitrogens with one attached hydrogen (secondary N) is 1. The zero-order chi connectivity index (χ0) is 29.1. The Morgan fingerprint density at radius 3 is 2.51 bits per heavy atom. The molecular weight excluding hydrogens is 623 g/mol. The molecule has 41 heavy (non-hydrogen) atoms. The standard InChI is InChI=1S/C35H62N2O3.HI/c1-25(2)10-8-11-26(3)30-14-15-31-29-13-12-27-24-28(16-18-34(27,4)32(29)17-19-35(30,31)5)40-33(39)36-20-9-21-37(6,7)22-23-38;/h12,25-26,28-32,38H,8-11,13-24H2,1-7H3;1H/t26-,28+,29+,30-,31+,32+,34+,35-;/m1./s1. The number of rotatable bonds is 12. The van der Waals surface area contributed by atoms with Gasteiger partial charge in [0.25, 0.3) is 0 Å². The van der Waals surface area contributed by atoms with Crippen molar-refractivity contribution >= 4 is 6.09 Å². The Morgan fingerprint density at radius 1 is 1.05 bits per heavy atom. The van der Waals surface area contributed by atoms with E-state index in [1.807, 2.05) is 0 Å². The van der Waals surface area contributed by atoms with Crippen molar-refractivity contribution in [1.82, 2.24) is 5.32 Å². The molecule has 3 fully saturated rings. The van der Waals surface area contributed by atoms with E-state index in [0.29, 0.717) is 12.0 Å². The summed E-state index contributed by atoms with van der Waals surface area (Å²) in [5.41, 5.74) is 2.41. The van der Waals surface area contributed by atoms with E-state index in [1.54, 1.807) is 5.57 Å². The highest BCUT2D eigenvalue weighted by Gasteiger charge is 2.59. The molecular formula is C35H63IN2O3. The molecule has 6 heteroatoms. The summed E-state index contributed by atoms with van der Waals surface area (Å²) in [6.07, 6.45) is 17.4. The van der Waals surface area contributed by atoms with Crippen molar-refractivity contribution in [3.63, 3.8) is 0 Å². The Labute approximate surface area is 269 Å². The van der Waals surface area contributed by atoms with Crippen molar-refractivity contribution in [2.75, 3.05) is 40.3 Å². The van der Waals surface area contributed by atoms with Gasteiger partial charge in [0, 0.05) is 19.4 Å². The second kappa shape index (κ2) is 14.6. The predicted molar refractivity (Wildman–Crippen MR) is 165 cm³/mol. The molecule has 238 valence electrons. The van der Waals surface area contributed by atoms with Gasteiger partial charge in [0.2, 0.25) is 0 Å². The van der Waals surface area contributed by atoms with Crippen LogP contribution in [0.4, 0.5) is 4.79 Å². The van der Waals surface area contributed by atoms with Gasteiger partial charge >= 0.3 is 6.09 Å². The van der Waals surface area contributed by atoms with E-state index < -0.39 is 0 Å². The number of carbonyl (C=O) groups excluding carboxylic acids is 1. The normalized spacial score (nSPS) is 35.4. The fourth-order valence-corrected chi connectivity index (χ4v) is 10.0. The predicted octanol–water partition coefficient (Wildman–Crippen LogP) is 4.59. The van der Waals surface area contributed by atoms with E-state index in [9.17, 15) is 9.90 Å². The third-order valence-corrected chi connectivity index (χ3v) is 12.4. The number of carbonyl (C=O) groups is 1. The van der Waals surface area contributed by atoms with Crippen LogP contribution in [-0.4, -0.2) is 62.1 Å². The smallest absolute Gasteiger partial charge is 0.407 e. The number of fused-ring (bicyclic) bond motifs is 5. The molecule has 8 atom stereocenters. The van der Waals surface area contributed by atoms with Crippen LogP contribution < -0.4 is 29.3 Å². The van der Waals surface area contributed by atoms with Gasteiger partial charge in [0.05, 0.1) is 27.2 Å². The summed E-state index contributed by atoms with van der Waals surface area (Å²) in [5.74, 6) is 5.13. The van der Waals surface area contributed by atoms with Gasteiger partial charge in [-0.25, -0.2) is 4.79 Å². The quantitative estimate of drug-likeness (QED) is 0.137. The molecule has 0 saturated heterocycles. The minimum Gasteiger partial charge on any atom is -1.00 e. The number of quaternary nitrogens is 1. The highest BCUT2D eigenvalue weighted by Crippen LogP contribution is 2.67. The number of halogens is 1. The van der Waals surface area contributed by atoms with Crippen LogP contribution in [0.2, 0.25) is 0 Å². The maximum Gasteiger partial charge on any atom is 0.407 e. The van der Waals surface area contributed by atoms with Gasteiger partial charge in [-0.1, -0.05) is 65.5 Å². The van der Waals surface area contributed by atoms with Crippen LogP contribution in [0.15, 0.2) is 11.6 Å². The van der Waals surface area contributed by atoms with Crippen molar-refractivity contribution in [2.24, 2.45) is 46.3 Å². The summed E-state index contributed by atoms with van der Waals surface area (Å²) in [4.78, 5) is 12.6. The van der Waals surface area contributed by atoms with Crippen LogP contribution in [0.25, 0.3) is 0 Å². The van der Waals surface area contributed by atoms with E-state index in [0.717, 1.165) is 78.8 Å². The lowest BCUT2D eigenvalue weighted by atomic mass is 9.47. The Bertz CT molecular complexity index is 891. The van der Waals surface area contributed by atoms with Crippen LogP contribution in [-0.2, 0) is 4.74 Å². The van der Waals surface area contributed by atoms with Gasteiger partial charge in [-0.05, 0) is 91.3 Å². The first kappa shape index (κ1) is 35.1. The summed E-state index contributed by atoms with van der Waals surface area (Å²) >= 11 is 0. The average Bonchev–Trinajstić information content (AvgIpc) is 3.24. The molecule has 1 amide bonds. The maximum absolute atomic E-state index is 12.6. The first-order valence-electron chi connectivity index (χ1n) is 17.0. The molecule has 0 radical (unpaired) electrons. The Morgan fingerprint density at radius 2 is 1.80 bits per heavy atom. The molecule has 3 saturated carbocycles. The zero-order valence-electron chi connectivity index (χ0n) is 27.5. The Kier molecular flexibility index (Phi) is 12.5. The lowest BCUT2D eigenvalue weighted by molar-refractivity contribution is -0.890. The molecule has 0 bridgehead atoms. The molecule has 4 aliphatic carbocycles. The fraction of sp³-hybridized carbons (Fsp3) is 0.914. The van der Waals surface area contributed by atoms with Gasteiger partial charge in [0.15, 0.2) is 0 Å². The SMILES string of the molecule is CC(C)CCC[C@@H](C)[C@H]1CC[C@H]2[C@@H]3CC=C4C[C@@H](OC(=O)NCCC[N+](C)(C)CCO)CC[C@]4(C)[C@H]3CC[C@]12C.[I-]. The van der Waals surface area contributed by atoms with Crippen molar-refractivity contribution in [3.8, 4) is 0 Å². The van der Waals surface area contributed by atoms with Gasteiger partial charge < -0.3 is 43.6 Å². The van der Waals surface area contributed by atoms with E-state index in [1.165, 1.54) is 51.4 Å². The molecule has 0 aromatic heterocycles. The first-order valence-corrected chi connectivity index (χ1v) is 17.0. The number of aliphatic hydroxyl groups is 1. The summed E-state index contributed by atoms with van der Waals surface area (Å²) < 4.78 is 6.70. The van der Waals surface area contributed by atoms with E-state index in [2.05, 4.69) is 60.1 Å². The molecule has 4 aliphatic rings. The number of likely N-dealkylation sites (N-methyl/N-ethyl adjacent to an activating group) is 1. The maximum atomic E-state index is 12.6. The Balaban J connectivity index is 0.00000462. The summed E-state index contributed by atoms with van der Waals surface area (Å²) in [6, 6.07) is 0. The number of hydrogen-bond donors (Lipinski definition) is 2. The lowest BCUT2D eigenvalue weighted by Crippen LogP contribution is -3.00. The number of ether oxygens (including phenoxy) is 1. The number of hydrogen-bond acceptors (Lipinski definition) is 3. The first-order chi connectivity index (χ1) is 18.9. The minimum absolute atomic E-state index is 0. The lowest BCUT2D eigenvalue weighted by Gasteiger charge is -2.58. The minimum atomic E-state index is -0.261. The third kappa shape index (κ3) is 8.04. The van der Waals surface area contributed by atoms with Gasteiger partial charge in [0.1, 0.15) is 12.6 Å². The van der Waals surface area contributed by atoms with Crippen molar-refractivity contribution < 1.29 is 43.1 Å².